The van der Waals surface area contributed by atoms with E-state index in [1.807, 2.05) is 38.1 Å². The highest BCUT2D eigenvalue weighted by molar-refractivity contribution is 9.10. The molecular weight excluding hydrogens is 519 g/mol. The summed E-state index contributed by atoms with van der Waals surface area (Å²) in [5.74, 6) is 0.484. The summed E-state index contributed by atoms with van der Waals surface area (Å²) in [4.78, 5) is 13.0. The largest absolute Gasteiger partial charge is 0.361 e. The SMILES string of the molecule is Cc1nn(Cc2c(C(=O)Nc3nn(Cc4ccc(Cl)cc4)cc3Br)noc2C)c(C)c1Cl. The van der Waals surface area contributed by atoms with Crippen molar-refractivity contribution in [2.75, 3.05) is 5.32 Å². The van der Waals surface area contributed by atoms with Crippen LogP contribution >= 0.6 is 39.1 Å². The smallest absolute Gasteiger partial charge is 0.279 e. The summed E-state index contributed by atoms with van der Waals surface area (Å²) in [6.07, 6.45) is 1.79. The molecule has 32 heavy (non-hydrogen) atoms. The molecule has 0 fully saturated rings. The minimum absolute atomic E-state index is 0.172. The third kappa shape index (κ3) is 4.60. The Morgan fingerprint density at radius 3 is 2.50 bits per heavy atom. The number of aromatic nitrogens is 5. The molecule has 0 saturated heterocycles. The van der Waals surface area contributed by atoms with Crippen molar-refractivity contribution >= 4 is 50.9 Å². The average Bonchev–Trinajstić information content (AvgIpc) is 3.36. The fraction of sp³-hybridized carbons (Fsp3) is 0.238. The zero-order chi connectivity index (χ0) is 23.0. The summed E-state index contributed by atoms with van der Waals surface area (Å²) >= 11 is 15.6. The van der Waals surface area contributed by atoms with Crippen molar-refractivity contribution in [3.8, 4) is 0 Å². The second kappa shape index (κ2) is 9.09. The maximum atomic E-state index is 13.0. The Kier molecular flexibility index (Phi) is 6.41. The number of nitrogens with one attached hydrogen (secondary N) is 1. The summed E-state index contributed by atoms with van der Waals surface area (Å²) in [7, 11) is 0. The molecule has 0 saturated carbocycles. The molecule has 0 bridgehead atoms. The van der Waals surface area contributed by atoms with E-state index in [1.54, 1.807) is 22.5 Å². The van der Waals surface area contributed by atoms with E-state index in [0.29, 0.717) is 44.7 Å². The van der Waals surface area contributed by atoms with Crippen LogP contribution in [0.4, 0.5) is 5.82 Å². The molecule has 1 amide bonds. The van der Waals surface area contributed by atoms with Crippen molar-refractivity contribution in [2.24, 2.45) is 0 Å². The molecular formula is C21H19BrCl2N6O2. The van der Waals surface area contributed by atoms with Gasteiger partial charge < -0.3 is 9.84 Å². The van der Waals surface area contributed by atoms with Gasteiger partial charge in [0, 0.05) is 16.8 Å². The highest BCUT2D eigenvalue weighted by Crippen LogP contribution is 2.25. The molecule has 0 radical (unpaired) electrons. The van der Waals surface area contributed by atoms with Gasteiger partial charge in [-0.3, -0.25) is 14.2 Å². The molecule has 0 unspecified atom stereocenters. The monoisotopic (exact) mass is 536 g/mol. The van der Waals surface area contributed by atoms with Crippen molar-refractivity contribution < 1.29 is 9.32 Å². The van der Waals surface area contributed by atoms with Crippen LogP contribution < -0.4 is 5.32 Å². The molecule has 8 nitrogen and oxygen atoms in total. The fourth-order valence-corrected chi connectivity index (χ4v) is 3.92. The minimum atomic E-state index is -0.429. The van der Waals surface area contributed by atoms with Gasteiger partial charge in [0.15, 0.2) is 11.5 Å². The van der Waals surface area contributed by atoms with Crippen LogP contribution in [0.1, 0.15) is 38.8 Å². The standard InChI is InChI=1S/C21H19BrCl2N6O2/c1-11-18(24)12(2)30(26-11)9-16-13(3)32-28-19(16)21(31)25-20-17(22)10-29(27-20)8-14-4-6-15(23)7-5-14/h4-7,10H,8-9H2,1-3H3,(H,25,27,31). The lowest BCUT2D eigenvalue weighted by Gasteiger charge is -2.06. The number of amides is 1. The second-order valence-corrected chi connectivity index (χ2v) is 8.98. The van der Waals surface area contributed by atoms with Gasteiger partial charge in [0.2, 0.25) is 0 Å². The maximum Gasteiger partial charge on any atom is 0.279 e. The van der Waals surface area contributed by atoms with Gasteiger partial charge in [0.1, 0.15) is 5.76 Å². The summed E-state index contributed by atoms with van der Waals surface area (Å²) < 4.78 is 9.38. The predicted molar refractivity (Wildman–Crippen MR) is 125 cm³/mol. The van der Waals surface area contributed by atoms with E-state index in [4.69, 9.17) is 27.7 Å². The Morgan fingerprint density at radius 1 is 1.12 bits per heavy atom. The normalized spacial score (nSPS) is 11.2. The van der Waals surface area contributed by atoms with E-state index in [-0.39, 0.29) is 5.69 Å². The van der Waals surface area contributed by atoms with E-state index in [1.165, 1.54) is 0 Å². The van der Waals surface area contributed by atoms with Gasteiger partial charge in [-0.15, -0.1) is 0 Å². The van der Waals surface area contributed by atoms with Crippen molar-refractivity contribution in [1.29, 1.82) is 0 Å². The zero-order valence-electron chi connectivity index (χ0n) is 17.5. The summed E-state index contributed by atoms with van der Waals surface area (Å²) in [6, 6.07) is 7.49. The van der Waals surface area contributed by atoms with Gasteiger partial charge in [-0.05, 0) is 54.4 Å². The Hall–Kier alpha value is -2.62. The van der Waals surface area contributed by atoms with Crippen LogP contribution in [0.2, 0.25) is 10.0 Å². The molecule has 0 atom stereocenters. The zero-order valence-corrected chi connectivity index (χ0v) is 20.6. The first-order valence-corrected chi connectivity index (χ1v) is 11.2. The molecule has 0 spiro atoms. The van der Waals surface area contributed by atoms with E-state index in [9.17, 15) is 4.79 Å². The lowest BCUT2D eigenvalue weighted by atomic mass is 10.2. The summed E-state index contributed by atoms with van der Waals surface area (Å²) in [6.45, 7) is 6.29. The molecule has 1 aromatic carbocycles. The first kappa shape index (κ1) is 22.6. The number of halogens is 3. The van der Waals surface area contributed by atoms with Gasteiger partial charge in [0.25, 0.3) is 5.91 Å². The Morgan fingerprint density at radius 2 is 1.84 bits per heavy atom. The van der Waals surface area contributed by atoms with E-state index in [2.05, 4.69) is 36.6 Å². The number of carbonyl (C=O) groups is 1. The minimum Gasteiger partial charge on any atom is -0.361 e. The van der Waals surface area contributed by atoms with Crippen LogP contribution in [0.5, 0.6) is 0 Å². The molecule has 0 aliphatic rings. The number of anilines is 1. The van der Waals surface area contributed by atoms with Gasteiger partial charge >= 0.3 is 0 Å². The van der Waals surface area contributed by atoms with Crippen molar-refractivity contribution in [3.05, 3.63) is 78.9 Å². The number of nitrogens with zero attached hydrogens (tertiary/aromatic N) is 5. The number of benzene rings is 1. The first-order valence-electron chi connectivity index (χ1n) is 9.66. The molecule has 166 valence electrons. The molecule has 3 aromatic heterocycles. The second-order valence-electron chi connectivity index (χ2n) is 7.31. The molecule has 0 aliphatic carbocycles. The Bertz CT molecular complexity index is 1290. The highest BCUT2D eigenvalue weighted by Gasteiger charge is 2.23. The number of aryl methyl sites for hydroxylation is 2. The third-order valence-corrected chi connectivity index (χ3v) is 6.39. The van der Waals surface area contributed by atoms with Gasteiger partial charge in [-0.1, -0.05) is 40.5 Å². The molecule has 1 N–H and O–H groups in total. The number of hydrogen-bond acceptors (Lipinski definition) is 5. The molecule has 4 aromatic rings. The molecule has 11 heteroatoms. The van der Waals surface area contributed by atoms with E-state index in [0.717, 1.165) is 17.0 Å². The number of rotatable bonds is 6. The van der Waals surface area contributed by atoms with E-state index < -0.39 is 5.91 Å². The van der Waals surface area contributed by atoms with Crippen molar-refractivity contribution in [2.45, 2.75) is 33.9 Å². The highest BCUT2D eigenvalue weighted by atomic mass is 79.9. The van der Waals surface area contributed by atoms with Gasteiger partial charge in [-0.2, -0.15) is 10.2 Å². The van der Waals surface area contributed by atoms with Crippen molar-refractivity contribution in [3.63, 3.8) is 0 Å². The predicted octanol–water partition coefficient (Wildman–Crippen LogP) is 5.41. The number of hydrogen-bond donors (Lipinski definition) is 1. The van der Waals surface area contributed by atoms with Gasteiger partial charge in [0.05, 0.1) is 34.0 Å². The molecule has 4 rings (SSSR count). The molecule has 3 heterocycles. The van der Waals surface area contributed by atoms with Crippen LogP contribution in [-0.2, 0) is 13.1 Å². The van der Waals surface area contributed by atoms with E-state index >= 15 is 0 Å². The quantitative estimate of drug-likeness (QED) is 0.355. The Balaban J connectivity index is 1.53. The maximum absolute atomic E-state index is 13.0. The summed E-state index contributed by atoms with van der Waals surface area (Å²) in [5.41, 5.74) is 3.35. The van der Waals surface area contributed by atoms with Crippen LogP contribution in [-0.4, -0.2) is 30.6 Å². The van der Waals surface area contributed by atoms with Crippen LogP contribution in [0.15, 0.2) is 39.5 Å². The fourth-order valence-electron chi connectivity index (χ4n) is 3.24. The lowest BCUT2D eigenvalue weighted by molar-refractivity contribution is 0.101. The van der Waals surface area contributed by atoms with Gasteiger partial charge in [-0.25, -0.2) is 0 Å². The first-order chi connectivity index (χ1) is 15.2. The van der Waals surface area contributed by atoms with Crippen LogP contribution in [0.25, 0.3) is 0 Å². The van der Waals surface area contributed by atoms with Crippen LogP contribution in [0.3, 0.4) is 0 Å². The number of carbonyl (C=O) groups excluding carboxylic acids is 1. The average molecular weight is 538 g/mol. The summed E-state index contributed by atoms with van der Waals surface area (Å²) in [5, 5.41) is 16.9. The molecule has 0 aliphatic heterocycles. The Labute approximate surface area is 202 Å². The van der Waals surface area contributed by atoms with Crippen LogP contribution in [0, 0.1) is 20.8 Å². The third-order valence-electron chi connectivity index (χ3n) is 5.01. The lowest BCUT2D eigenvalue weighted by Crippen LogP contribution is -2.17. The topological polar surface area (TPSA) is 90.8 Å². The van der Waals surface area contributed by atoms with Crippen molar-refractivity contribution in [1.82, 2.24) is 24.7 Å².